The van der Waals surface area contributed by atoms with Crippen LogP contribution in [0.2, 0.25) is 0 Å². The van der Waals surface area contributed by atoms with Gasteiger partial charge in [0.2, 0.25) is 0 Å². The van der Waals surface area contributed by atoms with Gasteiger partial charge in [0.1, 0.15) is 0 Å². The standard InChI is InChI=1S/C4H6N2S.ClH/c5-3-1-7-2-4(3)6;/h1-2H,5-6H2;1H. The summed E-state index contributed by atoms with van der Waals surface area (Å²) in [5, 5.41) is 3.63. The quantitative estimate of drug-likeness (QED) is 0.451. The predicted octanol–water partition coefficient (Wildman–Crippen LogP) is -1.97. The van der Waals surface area contributed by atoms with E-state index in [1.54, 1.807) is 0 Å². The maximum Gasteiger partial charge on any atom is 1.00 e. The van der Waals surface area contributed by atoms with Crippen LogP contribution in [0.3, 0.4) is 0 Å². The minimum Gasteiger partial charge on any atom is -1.00 e. The molecule has 0 spiro atoms. The van der Waals surface area contributed by atoms with Gasteiger partial charge in [-0.05, 0) is 0 Å². The molecule has 0 aliphatic heterocycles. The van der Waals surface area contributed by atoms with Crippen LogP contribution < -0.4 is 23.9 Å². The lowest BCUT2D eigenvalue weighted by Gasteiger charge is -1.82. The lowest BCUT2D eigenvalue weighted by molar-refractivity contribution is -0.00000143. The maximum absolute atomic E-state index is 5.33. The highest BCUT2D eigenvalue weighted by Crippen LogP contribution is 2.17. The van der Waals surface area contributed by atoms with Crippen LogP contribution >= 0.6 is 11.3 Å². The van der Waals surface area contributed by atoms with Crippen molar-refractivity contribution in [3.63, 3.8) is 0 Å². The van der Waals surface area contributed by atoms with Gasteiger partial charge < -0.3 is 23.9 Å². The van der Waals surface area contributed by atoms with Gasteiger partial charge >= 0.3 is 1.43 Å². The highest BCUT2D eigenvalue weighted by atomic mass is 35.5. The third-order valence-electron chi connectivity index (χ3n) is 0.723. The summed E-state index contributed by atoms with van der Waals surface area (Å²) in [7, 11) is 0. The molecule has 0 atom stereocenters. The van der Waals surface area contributed by atoms with Crippen LogP contribution in [0.5, 0.6) is 0 Å². The van der Waals surface area contributed by atoms with Crippen LogP contribution in [-0.2, 0) is 0 Å². The van der Waals surface area contributed by atoms with Crippen LogP contribution in [0.15, 0.2) is 10.8 Å². The van der Waals surface area contributed by atoms with E-state index in [9.17, 15) is 0 Å². The Bertz CT molecular complexity index is 151. The van der Waals surface area contributed by atoms with E-state index < -0.39 is 0 Å². The minimum absolute atomic E-state index is 0. The van der Waals surface area contributed by atoms with Crippen molar-refractivity contribution >= 4 is 22.7 Å². The third kappa shape index (κ3) is 1.28. The van der Waals surface area contributed by atoms with Crippen molar-refractivity contribution in [3.05, 3.63) is 10.8 Å². The van der Waals surface area contributed by atoms with E-state index in [-0.39, 0.29) is 13.8 Å². The van der Waals surface area contributed by atoms with Gasteiger partial charge in [0.15, 0.2) is 0 Å². The minimum atomic E-state index is 0. The number of hydrogen-bond donors (Lipinski definition) is 2. The molecule has 0 saturated heterocycles. The molecule has 46 valence electrons. The molecule has 1 heterocycles. The molecule has 1 aromatic heterocycles. The molecule has 2 nitrogen and oxygen atoms in total. The Morgan fingerprint density at radius 1 is 1.25 bits per heavy atom. The van der Waals surface area contributed by atoms with Gasteiger partial charge in [-0.2, -0.15) is 0 Å². The monoisotopic (exact) mass is 150 g/mol. The number of nitrogen functional groups attached to an aromatic ring is 2. The zero-order chi connectivity index (χ0) is 5.28. The highest BCUT2D eigenvalue weighted by molar-refractivity contribution is 7.08. The van der Waals surface area contributed by atoms with Crippen LogP contribution in [0, 0.1) is 0 Å². The lowest BCUT2D eigenvalue weighted by atomic mass is 10.5. The molecule has 0 aliphatic carbocycles. The third-order valence-corrected chi connectivity index (χ3v) is 1.50. The Kier molecular flexibility index (Phi) is 2.65. The zero-order valence-electron chi connectivity index (χ0n) is 5.10. The second-order valence-corrected chi connectivity index (χ2v) is 2.03. The first-order valence-corrected chi connectivity index (χ1v) is 2.82. The first-order valence-electron chi connectivity index (χ1n) is 1.88. The van der Waals surface area contributed by atoms with Crippen LogP contribution in [0.25, 0.3) is 0 Å². The summed E-state index contributed by atoms with van der Waals surface area (Å²) in [6, 6.07) is 0. The molecule has 0 radical (unpaired) electrons. The number of anilines is 2. The largest absolute Gasteiger partial charge is 1.00 e. The van der Waals surface area contributed by atoms with E-state index in [4.69, 9.17) is 11.5 Å². The van der Waals surface area contributed by atoms with Crippen LogP contribution in [0.4, 0.5) is 11.4 Å². The molecule has 8 heavy (non-hydrogen) atoms. The summed E-state index contributed by atoms with van der Waals surface area (Å²) in [6.07, 6.45) is 0. The normalized spacial score (nSPS) is 8.00. The fraction of sp³-hybridized carbons (Fsp3) is 0. The summed E-state index contributed by atoms with van der Waals surface area (Å²) in [5.41, 5.74) is 12.0. The summed E-state index contributed by atoms with van der Waals surface area (Å²) in [4.78, 5) is 0. The topological polar surface area (TPSA) is 52.0 Å². The van der Waals surface area contributed by atoms with Gasteiger partial charge in [-0.3, -0.25) is 0 Å². The Morgan fingerprint density at radius 3 is 1.75 bits per heavy atom. The molecule has 0 aliphatic rings. The summed E-state index contributed by atoms with van der Waals surface area (Å²) in [6.45, 7) is 0. The Hall–Kier alpha value is -0.410. The number of hydrogen-bond acceptors (Lipinski definition) is 3. The average Bonchev–Trinajstić information content (AvgIpc) is 1.91. The van der Waals surface area contributed by atoms with E-state index in [0.29, 0.717) is 11.4 Å². The highest BCUT2D eigenvalue weighted by Gasteiger charge is 1.88. The van der Waals surface area contributed by atoms with E-state index >= 15 is 0 Å². The second-order valence-electron chi connectivity index (χ2n) is 1.28. The molecule has 0 saturated carbocycles. The molecule has 0 unspecified atom stereocenters. The van der Waals surface area contributed by atoms with Crippen molar-refractivity contribution in [3.8, 4) is 0 Å². The van der Waals surface area contributed by atoms with Crippen molar-refractivity contribution in [1.29, 1.82) is 0 Å². The summed E-state index contributed by atoms with van der Waals surface area (Å²) < 4.78 is 0. The smallest absolute Gasteiger partial charge is 1.00 e. The van der Waals surface area contributed by atoms with Crippen molar-refractivity contribution in [1.82, 2.24) is 0 Å². The Labute approximate surface area is 59.4 Å². The Morgan fingerprint density at radius 2 is 1.62 bits per heavy atom. The molecule has 0 fully saturated rings. The first-order chi connectivity index (χ1) is 3.30. The fourth-order valence-corrected chi connectivity index (χ4v) is 0.950. The molecule has 0 bridgehead atoms. The van der Waals surface area contributed by atoms with Crippen LogP contribution in [-0.4, -0.2) is 0 Å². The second kappa shape index (κ2) is 2.79. The van der Waals surface area contributed by atoms with Crippen molar-refractivity contribution in [2.75, 3.05) is 11.5 Å². The van der Waals surface area contributed by atoms with Gasteiger partial charge in [-0.25, -0.2) is 0 Å². The van der Waals surface area contributed by atoms with E-state index in [1.165, 1.54) is 11.3 Å². The molecule has 0 aromatic carbocycles. The van der Waals surface area contributed by atoms with Gasteiger partial charge in [-0.1, -0.05) is 0 Å². The van der Waals surface area contributed by atoms with Crippen molar-refractivity contribution in [2.24, 2.45) is 0 Å². The van der Waals surface area contributed by atoms with E-state index in [2.05, 4.69) is 0 Å². The van der Waals surface area contributed by atoms with E-state index in [1.807, 2.05) is 10.8 Å². The number of rotatable bonds is 0. The molecule has 4 heteroatoms. The molecule has 1 rings (SSSR count). The number of thiophene rings is 1. The number of halogens is 1. The van der Waals surface area contributed by atoms with Gasteiger partial charge in [0, 0.05) is 10.8 Å². The molecule has 1 aromatic rings. The number of nitrogens with two attached hydrogens (primary N) is 2. The summed E-state index contributed by atoms with van der Waals surface area (Å²) in [5.74, 6) is 0. The first kappa shape index (κ1) is 7.59. The summed E-state index contributed by atoms with van der Waals surface area (Å²) >= 11 is 1.52. The van der Waals surface area contributed by atoms with E-state index in [0.717, 1.165) is 0 Å². The maximum atomic E-state index is 5.33. The zero-order valence-corrected chi connectivity index (χ0v) is 5.67. The Balaban J connectivity index is 0. The predicted molar refractivity (Wildman–Crippen MR) is 34.3 cm³/mol. The lowest BCUT2D eigenvalue weighted by Crippen LogP contribution is -3.00. The SMILES string of the molecule is Nc1cscc1N.[Cl-].[H+]. The van der Waals surface area contributed by atoms with Crippen molar-refractivity contribution in [2.45, 2.75) is 0 Å². The molecule has 4 N–H and O–H groups in total. The van der Waals surface area contributed by atoms with Gasteiger partial charge in [0.05, 0.1) is 11.4 Å². The van der Waals surface area contributed by atoms with Crippen LogP contribution in [0.1, 0.15) is 1.43 Å². The molecular weight excluding hydrogens is 144 g/mol. The average molecular weight is 151 g/mol. The molecule has 0 amide bonds. The van der Waals surface area contributed by atoms with Crippen molar-refractivity contribution < 1.29 is 13.8 Å². The molecular formula is C4H7ClN2S. The fourth-order valence-electron chi connectivity index (χ4n) is 0.317. The van der Waals surface area contributed by atoms with Gasteiger partial charge in [-0.15, -0.1) is 11.3 Å². The van der Waals surface area contributed by atoms with Gasteiger partial charge in [0.25, 0.3) is 0 Å².